The zero-order valence-electron chi connectivity index (χ0n) is 22.0. The Kier molecular flexibility index (Phi) is 5.26. The van der Waals surface area contributed by atoms with Crippen LogP contribution in [0.4, 0.5) is 0 Å². The van der Waals surface area contributed by atoms with Gasteiger partial charge in [0, 0.05) is 5.41 Å². The molecule has 0 aromatic rings. The minimum absolute atomic E-state index is 0.0676. The van der Waals surface area contributed by atoms with E-state index in [-0.39, 0.29) is 33.4 Å². The molecule has 1 N–H and O–H groups in total. The molecule has 4 aliphatic carbocycles. The maximum atomic E-state index is 11.0. The Balaban J connectivity index is 1.46. The Bertz CT molecular complexity index is 900. The third kappa shape index (κ3) is 2.84. The minimum Gasteiger partial charge on any atom is -0.393 e. The molecule has 33 heavy (non-hydrogen) atoms. The van der Waals surface area contributed by atoms with E-state index in [1.54, 1.807) is 5.57 Å². The standard InChI is InChI=1S/C30H46O3/c1-19(18-31)9-8-10-20(2)21-13-15-27(5)23-12-11-22-26(3,4)24(32)14-16-28(22,6)30(23)25(33-30)17-29(21,27)7/h9,12,18,20-22,24-25,32H,8,10-11,13-17H2,1-7H3/b19-9+/t20-,21-,22?,24+,25-,27+,28+,29-,30+/m1/s1. The third-order valence-electron chi connectivity index (χ3n) is 12.2. The van der Waals surface area contributed by atoms with E-state index in [9.17, 15) is 9.90 Å². The fourth-order valence-corrected chi connectivity index (χ4v) is 9.89. The van der Waals surface area contributed by atoms with Gasteiger partial charge in [0.2, 0.25) is 0 Å². The van der Waals surface area contributed by atoms with Gasteiger partial charge in [-0.1, -0.05) is 53.7 Å². The topological polar surface area (TPSA) is 49.8 Å². The first-order valence-electron chi connectivity index (χ1n) is 13.6. The highest BCUT2D eigenvalue weighted by molar-refractivity contribution is 5.71. The van der Waals surface area contributed by atoms with E-state index in [0.717, 1.165) is 44.0 Å². The summed E-state index contributed by atoms with van der Waals surface area (Å²) in [5.74, 6) is 1.82. The average molecular weight is 455 g/mol. The highest BCUT2D eigenvalue weighted by Crippen LogP contribution is 2.80. The molecule has 9 atom stereocenters. The summed E-state index contributed by atoms with van der Waals surface area (Å²) in [5.41, 5.74) is 2.90. The number of carbonyl (C=O) groups is 1. The van der Waals surface area contributed by atoms with Crippen molar-refractivity contribution in [2.24, 2.45) is 39.4 Å². The average Bonchev–Trinajstić information content (AvgIpc) is 3.39. The molecule has 0 aromatic carbocycles. The first-order valence-corrected chi connectivity index (χ1v) is 13.6. The maximum absolute atomic E-state index is 11.0. The number of allylic oxidation sites excluding steroid dienone is 3. The Labute approximate surface area is 201 Å². The van der Waals surface area contributed by atoms with Crippen LogP contribution in [0.15, 0.2) is 23.3 Å². The van der Waals surface area contributed by atoms with Gasteiger partial charge < -0.3 is 9.84 Å². The number of epoxide rings is 1. The van der Waals surface area contributed by atoms with Crippen molar-refractivity contribution in [2.45, 2.75) is 118 Å². The monoisotopic (exact) mass is 454 g/mol. The van der Waals surface area contributed by atoms with E-state index in [0.29, 0.717) is 23.9 Å². The van der Waals surface area contributed by atoms with Crippen molar-refractivity contribution < 1.29 is 14.6 Å². The number of rotatable bonds is 5. The van der Waals surface area contributed by atoms with Crippen molar-refractivity contribution in [1.82, 2.24) is 0 Å². The number of aliphatic hydroxyl groups excluding tert-OH is 1. The lowest BCUT2D eigenvalue weighted by Crippen LogP contribution is -2.62. The number of hydrogen-bond acceptors (Lipinski definition) is 3. The summed E-state index contributed by atoms with van der Waals surface area (Å²) in [6, 6.07) is 0. The maximum Gasteiger partial charge on any atom is 0.145 e. The van der Waals surface area contributed by atoms with Gasteiger partial charge in [0.25, 0.3) is 0 Å². The molecule has 0 radical (unpaired) electrons. The van der Waals surface area contributed by atoms with E-state index in [4.69, 9.17) is 4.74 Å². The SMILES string of the molecule is C/C(C=O)=C\CC[C@@H](C)[C@H]1CC[C@@]2(C)C3=CCC4C(C)(C)[C@@H](O)CC[C@]4(C)[C@]34O[C@@H]4C[C@]12C. The Morgan fingerprint density at radius 1 is 1.18 bits per heavy atom. The number of fused-ring (bicyclic) bond motifs is 3. The van der Waals surface area contributed by atoms with Crippen LogP contribution in [0.1, 0.15) is 99.8 Å². The molecular weight excluding hydrogens is 408 g/mol. The van der Waals surface area contributed by atoms with Crippen LogP contribution in [-0.2, 0) is 9.53 Å². The number of aliphatic hydroxyl groups is 1. The summed E-state index contributed by atoms with van der Waals surface area (Å²) in [5, 5.41) is 10.9. The van der Waals surface area contributed by atoms with Crippen LogP contribution in [0.2, 0.25) is 0 Å². The molecule has 1 aliphatic heterocycles. The van der Waals surface area contributed by atoms with Crippen LogP contribution in [0.25, 0.3) is 0 Å². The van der Waals surface area contributed by atoms with Crippen LogP contribution in [0.5, 0.6) is 0 Å². The Morgan fingerprint density at radius 2 is 1.91 bits per heavy atom. The quantitative estimate of drug-likeness (QED) is 0.219. The van der Waals surface area contributed by atoms with Gasteiger partial charge in [-0.15, -0.1) is 0 Å². The molecule has 0 amide bonds. The van der Waals surface area contributed by atoms with Crippen molar-refractivity contribution in [3.8, 4) is 0 Å². The molecule has 1 heterocycles. The van der Waals surface area contributed by atoms with E-state index in [1.807, 2.05) is 6.92 Å². The number of ether oxygens (including phenoxy) is 1. The smallest absolute Gasteiger partial charge is 0.145 e. The van der Waals surface area contributed by atoms with E-state index in [1.165, 1.54) is 19.3 Å². The van der Waals surface area contributed by atoms with Gasteiger partial charge in [-0.3, -0.25) is 4.79 Å². The molecule has 4 fully saturated rings. The van der Waals surface area contributed by atoms with Gasteiger partial charge in [0.1, 0.15) is 11.9 Å². The second kappa shape index (κ2) is 7.29. The van der Waals surface area contributed by atoms with E-state index in [2.05, 4.69) is 53.7 Å². The molecule has 0 aromatic heterocycles. The molecule has 5 rings (SSSR count). The second-order valence-corrected chi connectivity index (χ2v) is 13.8. The lowest BCUT2D eigenvalue weighted by atomic mass is 9.40. The molecule has 3 heteroatoms. The van der Waals surface area contributed by atoms with E-state index < -0.39 is 0 Å². The third-order valence-corrected chi connectivity index (χ3v) is 12.2. The van der Waals surface area contributed by atoms with Crippen molar-refractivity contribution in [2.75, 3.05) is 0 Å². The Hall–Kier alpha value is -0.930. The van der Waals surface area contributed by atoms with Crippen molar-refractivity contribution in [3.05, 3.63) is 23.3 Å². The summed E-state index contributed by atoms with van der Waals surface area (Å²) in [7, 11) is 0. The lowest BCUT2D eigenvalue weighted by molar-refractivity contribution is -0.129. The van der Waals surface area contributed by atoms with Crippen molar-refractivity contribution in [3.63, 3.8) is 0 Å². The molecule has 184 valence electrons. The first-order chi connectivity index (χ1) is 15.4. The fraction of sp³-hybridized carbons (Fsp3) is 0.833. The van der Waals surface area contributed by atoms with Crippen LogP contribution < -0.4 is 0 Å². The lowest BCUT2D eigenvalue weighted by Gasteiger charge is -2.62. The molecule has 1 unspecified atom stereocenters. The highest BCUT2D eigenvalue weighted by atomic mass is 16.6. The molecule has 1 saturated heterocycles. The minimum atomic E-state index is -0.211. The van der Waals surface area contributed by atoms with Gasteiger partial charge >= 0.3 is 0 Å². The van der Waals surface area contributed by atoms with Gasteiger partial charge in [-0.05, 0) is 103 Å². The normalized spacial score (nSPS) is 50.9. The van der Waals surface area contributed by atoms with Crippen molar-refractivity contribution >= 4 is 6.29 Å². The van der Waals surface area contributed by atoms with E-state index >= 15 is 0 Å². The van der Waals surface area contributed by atoms with Crippen LogP contribution in [-0.4, -0.2) is 29.2 Å². The second-order valence-electron chi connectivity index (χ2n) is 13.8. The van der Waals surface area contributed by atoms with Gasteiger partial charge in [0.05, 0.1) is 12.2 Å². The summed E-state index contributed by atoms with van der Waals surface area (Å²) >= 11 is 0. The molecule has 1 spiro atoms. The summed E-state index contributed by atoms with van der Waals surface area (Å²) < 4.78 is 6.89. The van der Waals surface area contributed by atoms with Gasteiger partial charge in [0.15, 0.2) is 0 Å². The molecule has 5 aliphatic rings. The number of hydrogen-bond donors (Lipinski definition) is 1. The highest BCUT2D eigenvalue weighted by Gasteiger charge is 2.81. The predicted octanol–water partition coefficient (Wildman–Crippen LogP) is 6.65. The molecule has 0 bridgehead atoms. The summed E-state index contributed by atoms with van der Waals surface area (Å²) in [4.78, 5) is 11.0. The summed E-state index contributed by atoms with van der Waals surface area (Å²) in [6.45, 7) is 16.6. The zero-order valence-corrected chi connectivity index (χ0v) is 22.0. The predicted molar refractivity (Wildman–Crippen MR) is 133 cm³/mol. The molecular formula is C30H46O3. The van der Waals surface area contributed by atoms with Crippen LogP contribution >= 0.6 is 0 Å². The van der Waals surface area contributed by atoms with Crippen LogP contribution in [0.3, 0.4) is 0 Å². The Morgan fingerprint density at radius 3 is 2.61 bits per heavy atom. The van der Waals surface area contributed by atoms with Gasteiger partial charge in [-0.25, -0.2) is 0 Å². The fourth-order valence-electron chi connectivity index (χ4n) is 9.89. The number of aldehydes is 1. The first kappa shape index (κ1) is 23.8. The molecule has 3 nitrogen and oxygen atoms in total. The zero-order chi connectivity index (χ0) is 24.0. The summed E-state index contributed by atoms with van der Waals surface area (Å²) in [6.07, 6.45) is 14.7. The molecule has 3 saturated carbocycles. The van der Waals surface area contributed by atoms with Gasteiger partial charge in [-0.2, -0.15) is 0 Å². The van der Waals surface area contributed by atoms with Crippen molar-refractivity contribution in [1.29, 1.82) is 0 Å². The van der Waals surface area contributed by atoms with Crippen LogP contribution in [0, 0.1) is 39.4 Å². The number of carbonyl (C=O) groups excluding carboxylic acids is 1. The largest absolute Gasteiger partial charge is 0.393 e.